The number of hydrogen-bond donors (Lipinski definition) is 1. The van der Waals surface area contributed by atoms with Gasteiger partial charge in [0, 0.05) is 17.8 Å². The molecule has 0 saturated heterocycles. The molecule has 2 heterocycles. The predicted molar refractivity (Wildman–Crippen MR) is 75.8 cm³/mol. The SMILES string of the molecule is Cc1ccc(C(=O)N2CCCC(O)c3ccccc32)o1. The molecule has 0 bridgehead atoms. The van der Waals surface area contributed by atoms with Gasteiger partial charge in [-0.2, -0.15) is 0 Å². The predicted octanol–water partition coefficient (Wildman–Crippen LogP) is 3.06. The summed E-state index contributed by atoms with van der Waals surface area (Å²) in [5, 5.41) is 10.2. The Morgan fingerprint density at radius 2 is 2.10 bits per heavy atom. The van der Waals surface area contributed by atoms with E-state index in [9.17, 15) is 9.90 Å². The van der Waals surface area contributed by atoms with Gasteiger partial charge in [0.05, 0.1) is 6.10 Å². The summed E-state index contributed by atoms with van der Waals surface area (Å²) >= 11 is 0. The van der Waals surface area contributed by atoms with E-state index in [1.165, 1.54) is 0 Å². The summed E-state index contributed by atoms with van der Waals surface area (Å²) in [6.45, 7) is 2.41. The molecule has 1 amide bonds. The molecular weight excluding hydrogens is 254 g/mol. The fraction of sp³-hybridized carbons (Fsp3) is 0.312. The van der Waals surface area contributed by atoms with Crippen LogP contribution in [0.15, 0.2) is 40.8 Å². The van der Waals surface area contributed by atoms with Crippen molar-refractivity contribution in [3.05, 3.63) is 53.5 Å². The maximum Gasteiger partial charge on any atom is 0.293 e. The van der Waals surface area contributed by atoms with Crippen molar-refractivity contribution >= 4 is 11.6 Å². The van der Waals surface area contributed by atoms with E-state index >= 15 is 0 Å². The van der Waals surface area contributed by atoms with Crippen molar-refractivity contribution in [3.63, 3.8) is 0 Å². The lowest BCUT2D eigenvalue weighted by Crippen LogP contribution is -2.31. The highest BCUT2D eigenvalue weighted by Crippen LogP contribution is 2.33. The standard InChI is InChI=1S/C16H17NO3/c1-11-8-9-15(20-11)16(19)17-10-4-7-14(18)12-5-2-3-6-13(12)17/h2-3,5-6,8-9,14,18H,4,7,10H2,1H3. The van der Waals surface area contributed by atoms with Crippen LogP contribution in [0.2, 0.25) is 0 Å². The van der Waals surface area contributed by atoms with Gasteiger partial charge in [-0.3, -0.25) is 4.79 Å². The van der Waals surface area contributed by atoms with Crippen molar-refractivity contribution in [1.82, 2.24) is 0 Å². The fourth-order valence-electron chi connectivity index (χ4n) is 2.63. The molecule has 1 aromatic carbocycles. The number of anilines is 1. The van der Waals surface area contributed by atoms with E-state index < -0.39 is 6.10 Å². The molecule has 0 radical (unpaired) electrons. The number of nitrogens with zero attached hydrogens (tertiary/aromatic N) is 1. The van der Waals surface area contributed by atoms with Crippen LogP contribution in [0.3, 0.4) is 0 Å². The minimum atomic E-state index is -0.512. The lowest BCUT2D eigenvalue weighted by Gasteiger charge is -2.22. The molecule has 2 aromatic rings. The quantitative estimate of drug-likeness (QED) is 0.867. The molecule has 0 fully saturated rings. The van der Waals surface area contributed by atoms with Crippen molar-refractivity contribution in [2.45, 2.75) is 25.9 Å². The van der Waals surface area contributed by atoms with Crippen LogP contribution in [-0.2, 0) is 0 Å². The van der Waals surface area contributed by atoms with E-state index in [-0.39, 0.29) is 5.91 Å². The Kier molecular flexibility index (Phi) is 3.32. The summed E-state index contributed by atoms with van der Waals surface area (Å²) in [4.78, 5) is 14.3. The molecule has 104 valence electrons. The first-order valence-electron chi connectivity index (χ1n) is 6.82. The van der Waals surface area contributed by atoms with E-state index in [4.69, 9.17) is 4.42 Å². The van der Waals surface area contributed by atoms with Crippen LogP contribution in [0, 0.1) is 6.92 Å². The maximum absolute atomic E-state index is 12.6. The third-order valence-electron chi connectivity index (χ3n) is 3.64. The number of carbonyl (C=O) groups excluding carboxylic acids is 1. The van der Waals surface area contributed by atoms with Crippen molar-refractivity contribution in [2.75, 3.05) is 11.4 Å². The van der Waals surface area contributed by atoms with Gasteiger partial charge in [0.15, 0.2) is 5.76 Å². The second kappa shape index (κ2) is 5.13. The summed E-state index contributed by atoms with van der Waals surface area (Å²) in [5.41, 5.74) is 1.58. The summed E-state index contributed by atoms with van der Waals surface area (Å²) in [5.74, 6) is 0.907. The van der Waals surface area contributed by atoms with Crippen LogP contribution in [0.4, 0.5) is 5.69 Å². The number of amides is 1. The van der Waals surface area contributed by atoms with Crippen molar-refractivity contribution < 1.29 is 14.3 Å². The number of aliphatic hydroxyl groups excluding tert-OH is 1. The summed E-state index contributed by atoms with van der Waals surface area (Å²) in [7, 11) is 0. The molecule has 0 aliphatic carbocycles. The van der Waals surface area contributed by atoms with Crippen molar-refractivity contribution in [3.8, 4) is 0 Å². The Labute approximate surface area is 117 Å². The molecular formula is C16H17NO3. The number of carbonyl (C=O) groups is 1. The molecule has 4 nitrogen and oxygen atoms in total. The number of aliphatic hydroxyl groups is 1. The van der Waals surface area contributed by atoms with Crippen molar-refractivity contribution in [2.24, 2.45) is 0 Å². The van der Waals surface area contributed by atoms with E-state index in [1.54, 1.807) is 17.0 Å². The number of benzene rings is 1. The number of aryl methyl sites for hydroxylation is 1. The van der Waals surface area contributed by atoms with Gasteiger partial charge in [0.25, 0.3) is 5.91 Å². The first kappa shape index (κ1) is 12.9. The zero-order valence-electron chi connectivity index (χ0n) is 11.4. The van der Waals surface area contributed by atoms with E-state index in [2.05, 4.69) is 0 Å². The van der Waals surface area contributed by atoms with Crippen LogP contribution >= 0.6 is 0 Å². The lowest BCUT2D eigenvalue weighted by atomic mass is 10.0. The van der Waals surface area contributed by atoms with E-state index in [1.807, 2.05) is 31.2 Å². The van der Waals surface area contributed by atoms with Crippen LogP contribution in [0.1, 0.15) is 40.8 Å². The van der Waals surface area contributed by atoms with Gasteiger partial charge < -0.3 is 14.4 Å². The third kappa shape index (κ3) is 2.23. The van der Waals surface area contributed by atoms with Crippen LogP contribution in [0.25, 0.3) is 0 Å². The minimum Gasteiger partial charge on any atom is -0.456 e. The molecule has 0 saturated carbocycles. The molecule has 1 unspecified atom stereocenters. The Balaban J connectivity index is 2.01. The topological polar surface area (TPSA) is 53.7 Å². The van der Waals surface area contributed by atoms with Crippen LogP contribution in [0.5, 0.6) is 0 Å². The minimum absolute atomic E-state index is 0.153. The highest BCUT2D eigenvalue weighted by atomic mass is 16.3. The zero-order valence-corrected chi connectivity index (χ0v) is 11.4. The average Bonchev–Trinajstić information content (AvgIpc) is 2.82. The normalized spacial score (nSPS) is 18.5. The highest BCUT2D eigenvalue weighted by molar-refractivity contribution is 6.04. The molecule has 20 heavy (non-hydrogen) atoms. The number of rotatable bonds is 1. The van der Waals surface area contributed by atoms with E-state index in [0.29, 0.717) is 18.7 Å². The Morgan fingerprint density at radius 1 is 1.30 bits per heavy atom. The van der Waals surface area contributed by atoms with Gasteiger partial charge in [0.1, 0.15) is 5.76 Å². The first-order valence-corrected chi connectivity index (χ1v) is 6.82. The summed E-state index contributed by atoms with van der Waals surface area (Å²) < 4.78 is 5.43. The molecule has 4 heteroatoms. The van der Waals surface area contributed by atoms with E-state index in [0.717, 1.165) is 23.4 Å². The molecule has 1 aliphatic heterocycles. The summed E-state index contributed by atoms with van der Waals surface area (Å²) in [6, 6.07) is 11.0. The second-order valence-electron chi connectivity index (χ2n) is 5.08. The Hall–Kier alpha value is -2.07. The van der Waals surface area contributed by atoms with Gasteiger partial charge in [-0.05, 0) is 38.0 Å². The lowest BCUT2D eigenvalue weighted by molar-refractivity contribution is 0.0958. The Morgan fingerprint density at radius 3 is 2.85 bits per heavy atom. The summed E-state index contributed by atoms with van der Waals surface area (Å²) in [6.07, 6.45) is 0.918. The molecule has 1 atom stereocenters. The van der Waals surface area contributed by atoms with Gasteiger partial charge in [0.2, 0.25) is 0 Å². The monoisotopic (exact) mass is 271 g/mol. The second-order valence-corrected chi connectivity index (χ2v) is 5.08. The zero-order chi connectivity index (χ0) is 14.1. The number of para-hydroxylation sites is 1. The van der Waals surface area contributed by atoms with Crippen LogP contribution < -0.4 is 4.90 Å². The fourth-order valence-corrected chi connectivity index (χ4v) is 2.63. The highest BCUT2D eigenvalue weighted by Gasteiger charge is 2.27. The maximum atomic E-state index is 12.6. The number of hydrogen-bond acceptors (Lipinski definition) is 3. The van der Waals surface area contributed by atoms with Gasteiger partial charge in [-0.1, -0.05) is 18.2 Å². The number of furan rings is 1. The van der Waals surface area contributed by atoms with Crippen LogP contribution in [-0.4, -0.2) is 17.6 Å². The smallest absolute Gasteiger partial charge is 0.293 e. The Bertz CT molecular complexity index is 632. The largest absolute Gasteiger partial charge is 0.456 e. The van der Waals surface area contributed by atoms with Gasteiger partial charge in [-0.25, -0.2) is 0 Å². The molecule has 1 aromatic heterocycles. The molecule has 1 N–H and O–H groups in total. The van der Waals surface area contributed by atoms with Gasteiger partial charge >= 0.3 is 0 Å². The first-order chi connectivity index (χ1) is 9.66. The number of fused-ring (bicyclic) bond motifs is 1. The third-order valence-corrected chi connectivity index (χ3v) is 3.64. The average molecular weight is 271 g/mol. The molecule has 1 aliphatic rings. The molecule has 0 spiro atoms. The van der Waals surface area contributed by atoms with Crippen molar-refractivity contribution in [1.29, 1.82) is 0 Å². The van der Waals surface area contributed by atoms with Gasteiger partial charge in [-0.15, -0.1) is 0 Å². The molecule has 3 rings (SSSR count).